The first-order valence-electron chi connectivity index (χ1n) is 6.13. The summed E-state index contributed by atoms with van der Waals surface area (Å²) < 4.78 is 1.57. The fraction of sp³-hybridized carbons (Fsp3) is 0. The number of para-hydroxylation sites is 2. The van der Waals surface area contributed by atoms with Crippen molar-refractivity contribution in [1.29, 1.82) is 0 Å². The molecule has 0 bridgehead atoms. The lowest BCUT2D eigenvalue weighted by Crippen LogP contribution is -2.14. The van der Waals surface area contributed by atoms with E-state index >= 15 is 0 Å². The highest BCUT2D eigenvalue weighted by atomic mass is 35.5. The van der Waals surface area contributed by atoms with Gasteiger partial charge in [0.05, 0.1) is 29.3 Å². The average Bonchev–Trinajstić information content (AvgIpc) is 3.02. The van der Waals surface area contributed by atoms with Gasteiger partial charge in [-0.15, -0.1) is 5.10 Å². The first kappa shape index (κ1) is 13.3. The van der Waals surface area contributed by atoms with Crippen molar-refractivity contribution in [1.82, 2.24) is 20.0 Å². The number of carbonyl (C=O) groups is 1. The summed E-state index contributed by atoms with van der Waals surface area (Å²) in [5, 5.41) is 10.6. The molecule has 0 aliphatic rings. The van der Waals surface area contributed by atoms with Gasteiger partial charge in [0, 0.05) is 6.20 Å². The zero-order valence-corrected chi connectivity index (χ0v) is 11.5. The van der Waals surface area contributed by atoms with Crippen molar-refractivity contribution in [3.63, 3.8) is 0 Å². The molecule has 0 aliphatic heterocycles. The van der Waals surface area contributed by atoms with Gasteiger partial charge in [-0.3, -0.25) is 4.79 Å². The zero-order valence-electron chi connectivity index (χ0n) is 10.8. The van der Waals surface area contributed by atoms with Gasteiger partial charge in [-0.2, -0.15) is 0 Å². The minimum Gasteiger partial charge on any atom is -0.320 e. The number of anilines is 1. The van der Waals surface area contributed by atoms with Crippen molar-refractivity contribution in [2.45, 2.75) is 0 Å². The summed E-state index contributed by atoms with van der Waals surface area (Å²) in [6.07, 6.45) is 4.79. The van der Waals surface area contributed by atoms with Crippen molar-refractivity contribution in [3.8, 4) is 5.69 Å². The van der Waals surface area contributed by atoms with E-state index in [4.69, 9.17) is 11.6 Å². The van der Waals surface area contributed by atoms with Crippen LogP contribution < -0.4 is 5.32 Å². The number of benzene rings is 1. The van der Waals surface area contributed by atoms with E-state index in [1.54, 1.807) is 35.3 Å². The lowest BCUT2D eigenvalue weighted by molar-refractivity contribution is 0.102. The number of rotatable bonds is 3. The van der Waals surface area contributed by atoms with Crippen molar-refractivity contribution in [2.75, 3.05) is 5.32 Å². The Morgan fingerprint density at radius 3 is 2.76 bits per heavy atom. The number of aromatic nitrogens is 4. The smallest absolute Gasteiger partial charge is 0.258 e. The number of hydrogen-bond acceptors (Lipinski definition) is 4. The largest absolute Gasteiger partial charge is 0.320 e. The van der Waals surface area contributed by atoms with Crippen LogP contribution in [0.1, 0.15) is 10.4 Å². The van der Waals surface area contributed by atoms with E-state index in [1.165, 1.54) is 6.20 Å². The molecule has 3 rings (SSSR count). The van der Waals surface area contributed by atoms with Gasteiger partial charge >= 0.3 is 0 Å². The number of halogens is 1. The number of nitrogens with one attached hydrogen (secondary N) is 1. The Morgan fingerprint density at radius 1 is 1.14 bits per heavy atom. The third-order valence-electron chi connectivity index (χ3n) is 2.83. The molecule has 0 aliphatic carbocycles. The van der Waals surface area contributed by atoms with Crippen LogP contribution in [0.4, 0.5) is 5.69 Å². The predicted octanol–water partition coefficient (Wildman–Crippen LogP) is 2.57. The maximum atomic E-state index is 12.3. The third kappa shape index (κ3) is 2.75. The predicted molar refractivity (Wildman–Crippen MR) is 78.6 cm³/mol. The van der Waals surface area contributed by atoms with Gasteiger partial charge in [0.25, 0.3) is 5.91 Å². The van der Waals surface area contributed by atoms with E-state index in [9.17, 15) is 4.79 Å². The molecule has 0 fully saturated rings. The maximum absolute atomic E-state index is 12.3. The van der Waals surface area contributed by atoms with Gasteiger partial charge in [0.2, 0.25) is 0 Å². The molecule has 2 aromatic heterocycles. The molecule has 2 heterocycles. The summed E-state index contributed by atoms with van der Waals surface area (Å²) >= 11 is 5.93. The maximum Gasteiger partial charge on any atom is 0.258 e. The Morgan fingerprint density at radius 2 is 2.00 bits per heavy atom. The van der Waals surface area contributed by atoms with E-state index in [0.29, 0.717) is 16.9 Å². The second-order valence-electron chi connectivity index (χ2n) is 4.16. The minimum absolute atomic E-state index is 0.160. The molecule has 1 N–H and O–H groups in total. The summed E-state index contributed by atoms with van der Waals surface area (Å²) in [6, 6.07) is 10.5. The molecule has 0 unspecified atom stereocenters. The Bertz CT molecular complexity index is 773. The van der Waals surface area contributed by atoms with Crippen LogP contribution >= 0.6 is 11.6 Å². The van der Waals surface area contributed by atoms with Crippen LogP contribution in [0.3, 0.4) is 0 Å². The van der Waals surface area contributed by atoms with Crippen LogP contribution in [0.2, 0.25) is 5.15 Å². The van der Waals surface area contributed by atoms with Gasteiger partial charge in [0.15, 0.2) is 0 Å². The standard InChI is InChI=1S/C14H10ClN5O/c15-13-10(4-3-7-16-13)14(21)18-11-5-1-2-6-12(11)20-9-8-17-19-20/h1-9H,(H,18,21). The van der Waals surface area contributed by atoms with Crippen molar-refractivity contribution >= 4 is 23.2 Å². The summed E-state index contributed by atoms with van der Waals surface area (Å²) in [7, 11) is 0. The van der Waals surface area contributed by atoms with Crippen LogP contribution in [0, 0.1) is 0 Å². The number of carbonyl (C=O) groups excluding carboxylic acids is 1. The van der Waals surface area contributed by atoms with Gasteiger partial charge in [-0.1, -0.05) is 28.9 Å². The van der Waals surface area contributed by atoms with Crippen molar-refractivity contribution < 1.29 is 4.79 Å². The molecule has 3 aromatic rings. The summed E-state index contributed by atoms with van der Waals surface area (Å²) in [6.45, 7) is 0. The van der Waals surface area contributed by atoms with Gasteiger partial charge in [-0.25, -0.2) is 9.67 Å². The molecule has 104 valence electrons. The molecule has 0 atom stereocenters. The Hall–Kier alpha value is -2.73. The van der Waals surface area contributed by atoms with E-state index in [0.717, 1.165) is 0 Å². The summed E-state index contributed by atoms with van der Waals surface area (Å²) in [5.41, 5.74) is 1.63. The Balaban J connectivity index is 1.93. The second-order valence-corrected chi connectivity index (χ2v) is 4.52. The van der Waals surface area contributed by atoms with Gasteiger partial charge < -0.3 is 5.32 Å². The van der Waals surface area contributed by atoms with E-state index in [1.807, 2.05) is 18.2 Å². The molecule has 0 spiro atoms. The molecule has 21 heavy (non-hydrogen) atoms. The van der Waals surface area contributed by atoms with Crippen LogP contribution in [0.15, 0.2) is 55.0 Å². The number of amides is 1. The van der Waals surface area contributed by atoms with E-state index in [-0.39, 0.29) is 11.1 Å². The van der Waals surface area contributed by atoms with E-state index in [2.05, 4.69) is 20.6 Å². The normalized spacial score (nSPS) is 10.3. The highest BCUT2D eigenvalue weighted by Gasteiger charge is 2.13. The fourth-order valence-electron chi connectivity index (χ4n) is 1.86. The highest BCUT2D eigenvalue weighted by Crippen LogP contribution is 2.21. The van der Waals surface area contributed by atoms with Crippen LogP contribution in [0.25, 0.3) is 5.69 Å². The van der Waals surface area contributed by atoms with Crippen LogP contribution in [-0.2, 0) is 0 Å². The molecule has 1 amide bonds. The van der Waals surface area contributed by atoms with Gasteiger partial charge in [-0.05, 0) is 24.3 Å². The quantitative estimate of drug-likeness (QED) is 0.754. The molecule has 1 aromatic carbocycles. The zero-order chi connectivity index (χ0) is 14.7. The molecular weight excluding hydrogens is 290 g/mol. The monoisotopic (exact) mass is 299 g/mol. The third-order valence-corrected chi connectivity index (χ3v) is 3.13. The molecule has 0 saturated heterocycles. The lowest BCUT2D eigenvalue weighted by atomic mass is 10.2. The first-order chi connectivity index (χ1) is 10.3. The molecule has 7 heteroatoms. The Kier molecular flexibility index (Phi) is 3.61. The Labute approximate surface area is 125 Å². The SMILES string of the molecule is O=C(Nc1ccccc1-n1ccnn1)c1cccnc1Cl. The number of hydrogen-bond donors (Lipinski definition) is 1. The summed E-state index contributed by atoms with van der Waals surface area (Å²) in [4.78, 5) is 16.2. The van der Waals surface area contributed by atoms with E-state index < -0.39 is 0 Å². The number of pyridine rings is 1. The first-order valence-corrected chi connectivity index (χ1v) is 6.51. The van der Waals surface area contributed by atoms with Crippen LogP contribution in [-0.4, -0.2) is 25.9 Å². The van der Waals surface area contributed by atoms with Crippen LogP contribution in [0.5, 0.6) is 0 Å². The topological polar surface area (TPSA) is 72.7 Å². The molecule has 0 radical (unpaired) electrons. The molecule has 6 nitrogen and oxygen atoms in total. The van der Waals surface area contributed by atoms with Gasteiger partial charge in [0.1, 0.15) is 5.15 Å². The average molecular weight is 300 g/mol. The fourth-order valence-corrected chi connectivity index (χ4v) is 2.07. The second kappa shape index (κ2) is 5.72. The highest BCUT2D eigenvalue weighted by molar-refractivity contribution is 6.33. The van der Waals surface area contributed by atoms with Crippen molar-refractivity contribution in [3.05, 3.63) is 65.7 Å². The molecule has 0 saturated carbocycles. The minimum atomic E-state index is -0.333. The number of nitrogens with zero attached hydrogens (tertiary/aromatic N) is 4. The summed E-state index contributed by atoms with van der Waals surface area (Å²) in [5.74, 6) is -0.333. The van der Waals surface area contributed by atoms with Crippen molar-refractivity contribution in [2.24, 2.45) is 0 Å². The molecular formula is C14H10ClN5O. The lowest BCUT2D eigenvalue weighted by Gasteiger charge is -2.10.